The van der Waals surface area contributed by atoms with Crippen molar-refractivity contribution in [1.82, 2.24) is 5.32 Å². The lowest BCUT2D eigenvalue weighted by molar-refractivity contribution is -0.128. The van der Waals surface area contributed by atoms with Crippen molar-refractivity contribution in [3.05, 3.63) is 48.0 Å². The highest BCUT2D eigenvalue weighted by atomic mass is 32.2. The summed E-state index contributed by atoms with van der Waals surface area (Å²) >= 11 is 0. The first-order valence-electron chi connectivity index (χ1n) is 10.2. The monoisotopic (exact) mass is 448 g/mol. The first kappa shape index (κ1) is 22.7. The second-order valence-electron chi connectivity index (χ2n) is 7.06. The van der Waals surface area contributed by atoms with Crippen molar-refractivity contribution in [1.29, 1.82) is 0 Å². The van der Waals surface area contributed by atoms with Gasteiger partial charge in [-0.05, 0) is 43.7 Å². The van der Waals surface area contributed by atoms with Gasteiger partial charge in [0, 0.05) is 19.5 Å². The number of rotatable bonds is 8. The second-order valence-corrected chi connectivity index (χ2v) is 8.97. The third-order valence-electron chi connectivity index (χ3n) is 4.76. The van der Waals surface area contributed by atoms with Crippen LogP contribution in [0.25, 0.3) is 0 Å². The Hall–Kier alpha value is -2.94. The molecular formula is C22H28N2O6S. The molecule has 0 aromatic heterocycles. The van der Waals surface area contributed by atoms with Crippen LogP contribution in [0.5, 0.6) is 17.2 Å². The molecule has 1 aliphatic rings. The third-order valence-corrected chi connectivity index (χ3v) is 5.94. The van der Waals surface area contributed by atoms with Crippen LogP contribution in [-0.4, -0.2) is 46.4 Å². The molecule has 1 atom stereocenters. The Morgan fingerprint density at radius 3 is 2.55 bits per heavy atom. The number of carbonyl (C=O) groups excluding carboxylic acids is 1. The number of nitrogens with zero attached hydrogens (tertiary/aromatic N) is 1. The molecular weight excluding hydrogens is 420 g/mol. The number of para-hydroxylation sites is 2. The summed E-state index contributed by atoms with van der Waals surface area (Å²) in [4.78, 5) is 12.8. The number of amides is 1. The number of anilines is 1. The molecule has 0 radical (unpaired) electrons. The topological polar surface area (TPSA) is 94.2 Å². The van der Waals surface area contributed by atoms with E-state index in [0.717, 1.165) is 11.8 Å². The van der Waals surface area contributed by atoms with E-state index in [-0.39, 0.29) is 25.4 Å². The van der Waals surface area contributed by atoms with Gasteiger partial charge in [-0.15, -0.1) is 0 Å². The van der Waals surface area contributed by atoms with Crippen LogP contribution < -0.4 is 23.8 Å². The number of hydrogen-bond acceptors (Lipinski definition) is 6. The fourth-order valence-electron chi connectivity index (χ4n) is 3.37. The van der Waals surface area contributed by atoms with Crippen LogP contribution >= 0.6 is 0 Å². The summed E-state index contributed by atoms with van der Waals surface area (Å²) in [5.74, 6) is 1.34. The molecule has 1 amide bonds. The molecule has 8 nitrogen and oxygen atoms in total. The lowest BCUT2D eigenvalue weighted by Gasteiger charge is -2.20. The molecule has 0 fully saturated rings. The van der Waals surface area contributed by atoms with Gasteiger partial charge in [0.2, 0.25) is 10.0 Å². The van der Waals surface area contributed by atoms with Gasteiger partial charge in [-0.3, -0.25) is 9.10 Å². The zero-order valence-corrected chi connectivity index (χ0v) is 18.8. The molecule has 0 saturated carbocycles. The minimum Gasteiger partial charge on any atom is -0.490 e. The van der Waals surface area contributed by atoms with Crippen LogP contribution in [0.3, 0.4) is 0 Å². The van der Waals surface area contributed by atoms with Gasteiger partial charge in [0.15, 0.2) is 17.6 Å². The van der Waals surface area contributed by atoms with Gasteiger partial charge in [0.1, 0.15) is 5.75 Å². The summed E-state index contributed by atoms with van der Waals surface area (Å²) in [5, 5.41) is 2.87. The van der Waals surface area contributed by atoms with Crippen LogP contribution in [-0.2, 0) is 21.4 Å². The van der Waals surface area contributed by atoms with Crippen molar-refractivity contribution in [2.75, 3.05) is 30.3 Å². The Bertz CT molecular complexity index is 1020. The fourth-order valence-corrected chi connectivity index (χ4v) is 4.31. The molecule has 1 aliphatic heterocycles. The lowest BCUT2D eigenvalue weighted by Crippen LogP contribution is -2.39. The molecule has 1 heterocycles. The Labute approximate surface area is 183 Å². The van der Waals surface area contributed by atoms with E-state index in [2.05, 4.69) is 5.32 Å². The van der Waals surface area contributed by atoms with E-state index >= 15 is 0 Å². The van der Waals surface area contributed by atoms with E-state index in [0.29, 0.717) is 36.1 Å². The largest absolute Gasteiger partial charge is 0.490 e. The molecule has 1 N–H and O–H groups in total. The van der Waals surface area contributed by atoms with Crippen molar-refractivity contribution < 1.29 is 27.4 Å². The standard InChI is InChI=1S/C22H28N2O6S/c1-4-28-19-11-10-16(14-21(19)29-5-2)15-23-22(25)20-12-13-24(31(3,26)27)17-8-6-7-9-18(17)30-20/h6-11,14,20H,4-5,12-13,15H2,1-3H3,(H,23,25)/t20-/m1/s1. The van der Waals surface area contributed by atoms with Crippen molar-refractivity contribution in [3.8, 4) is 17.2 Å². The van der Waals surface area contributed by atoms with Crippen LogP contribution in [0.2, 0.25) is 0 Å². The molecule has 31 heavy (non-hydrogen) atoms. The Morgan fingerprint density at radius 2 is 1.84 bits per heavy atom. The van der Waals surface area contributed by atoms with Crippen molar-refractivity contribution >= 4 is 21.6 Å². The zero-order valence-electron chi connectivity index (χ0n) is 18.0. The number of ether oxygens (including phenoxy) is 3. The number of benzene rings is 2. The molecule has 168 valence electrons. The van der Waals surface area contributed by atoms with Crippen molar-refractivity contribution in [2.24, 2.45) is 0 Å². The van der Waals surface area contributed by atoms with Crippen LogP contribution in [0, 0.1) is 0 Å². The molecule has 2 aromatic carbocycles. The van der Waals surface area contributed by atoms with Gasteiger partial charge in [0.25, 0.3) is 5.91 Å². The van der Waals surface area contributed by atoms with Gasteiger partial charge >= 0.3 is 0 Å². The first-order chi connectivity index (χ1) is 14.8. The van der Waals surface area contributed by atoms with E-state index in [9.17, 15) is 13.2 Å². The zero-order chi connectivity index (χ0) is 22.4. The van der Waals surface area contributed by atoms with E-state index < -0.39 is 16.1 Å². The van der Waals surface area contributed by atoms with Gasteiger partial charge in [-0.25, -0.2) is 8.42 Å². The smallest absolute Gasteiger partial charge is 0.261 e. The van der Waals surface area contributed by atoms with E-state index in [1.807, 2.05) is 32.0 Å². The van der Waals surface area contributed by atoms with Crippen molar-refractivity contribution in [3.63, 3.8) is 0 Å². The van der Waals surface area contributed by atoms with E-state index in [1.165, 1.54) is 4.31 Å². The maximum atomic E-state index is 12.8. The molecule has 0 aliphatic carbocycles. The van der Waals surface area contributed by atoms with Crippen molar-refractivity contribution in [2.45, 2.75) is 32.9 Å². The Kier molecular flexibility index (Phi) is 7.27. The van der Waals surface area contributed by atoms with Gasteiger partial charge in [0.05, 0.1) is 25.2 Å². The predicted molar refractivity (Wildman–Crippen MR) is 118 cm³/mol. The molecule has 0 bridgehead atoms. The molecule has 2 aromatic rings. The number of carbonyl (C=O) groups is 1. The first-order valence-corrected chi connectivity index (χ1v) is 12.1. The molecule has 9 heteroatoms. The highest BCUT2D eigenvalue weighted by molar-refractivity contribution is 7.92. The average Bonchev–Trinajstić information content (AvgIpc) is 2.94. The normalized spacial score (nSPS) is 16.0. The summed E-state index contributed by atoms with van der Waals surface area (Å²) in [5.41, 5.74) is 1.29. The lowest BCUT2D eigenvalue weighted by atomic mass is 10.2. The summed E-state index contributed by atoms with van der Waals surface area (Å²) < 4.78 is 42.7. The minimum absolute atomic E-state index is 0.158. The maximum absolute atomic E-state index is 12.8. The summed E-state index contributed by atoms with van der Waals surface area (Å²) in [6.07, 6.45) is 0.578. The number of hydrogen-bond donors (Lipinski definition) is 1. The highest BCUT2D eigenvalue weighted by Gasteiger charge is 2.30. The quantitative estimate of drug-likeness (QED) is 0.667. The Morgan fingerprint density at radius 1 is 1.13 bits per heavy atom. The van der Waals surface area contributed by atoms with Gasteiger partial charge in [-0.1, -0.05) is 18.2 Å². The summed E-state index contributed by atoms with van der Waals surface area (Å²) in [7, 11) is -3.49. The molecule has 0 spiro atoms. The van der Waals surface area contributed by atoms with E-state index in [1.54, 1.807) is 24.3 Å². The number of sulfonamides is 1. The number of fused-ring (bicyclic) bond motifs is 1. The van der Waals surface area contributed by atoms with Crippen LogP contribution in [0.4, 0.5) is 5.69 Å². The van der Waals surface area contributed by atoms with Crippen LogP contribution in [0.15, 0.2) is 42.5 Å². The summed E-state index contributed by atoms with van der Waals surface area (Å²) in [6, 6.07) is 12.3. The minimum atomic E-state index is -3.49. The summed E-state index contributed by atoms with van der Waals surface area (Å²) in [6.45, 7) is 5.27. The SMILES string of the molecule is CCOc1ccc(CNC(=O)[C@H]2CCN(S(C)(=O)=O)c3ccccc3O2)cc1OCC. The fraction of sp³-hybridized carbons (Fsp3) is 0.409. The molecule has 3 rings (SSSR count). The Balaban J connectivity index is 1.71. The van der Waals surface area contributed by atoms with Gasteiger partial charge < -0.3 is 19.5 Å². The number of nitrogens with one attached hydrogen (secondary N) is 1. The highest BCUT2D eigenvalue weighted by Crippen LogP contribution is 2.34. The van der Waals surface area contributed by atoms with Gasteiger partial charge in [-0.2, -0.15) is 0 Å². The predicted octanol–water partition coefficient (Wildman–Crippen LogP) is 2.72. The maximum Gasteiger partial charge on any atom is 0.261 e. The third kappa shape index (κ3) is 5.61. The average molecular weight is 449 g/mol. The molecule has 0 unspecified atom stereocenters. The molecule has 0 saturated heterocycles. The second kappa shape index (κ2) is 9.91. The van der Waals surface area contributed by atoms with E-state index in [4.69, 9.17) is 14.2 Å². The van der Waals surface area contributed by atoms with Crippen LogP contribution in [0.1, 0.15) is 25.8 Å².